The summed E-state index contributed by atoms with van der Waals surface area (Å²) in [5, 5.41) is 0.778. The van der Waals surface area contributed by atoms with Gasteiger partial charge in [-0.15, -0.1) is 0 Å². The average molecular weight is 283 g/mol. The van der Waals surface area contributed by atoms with Gasteiger partial charge in [-0.3, -0.25) is 4.79 Å². The number of nitrogens with one attached hydrogen (secondary N) is 1. The van der Waals surface area contributed by atoms with Gasteiger partial charge in [-0.1, -0.05) is 23.7 Å². The molecule has 104 valence electrons. The molecule has 0 bridgehead atoms. The number of rotatable bonds is 4. The molecule has 0 atom stereocenters. The SMILES string of the molecule is CCOC(=O)C1CC[NH+](Cc2ccc(Cl)cc2)CC1. The van der Waals surface area contributed by atoms with Crippen LogP contribution in [0.4, 0.5) is 0 Å². The molecule has 0 saturated carbocycles. The molecule has 0 aromatic heterocycles. The van der Waals surface area contributed by atoms with E-state index in [9.17, 15) is 4.79 Å². The third-order valence-corrected chi connectivity index (χ3v) is 3.93. The van der Waals surface area contributed by atoms with Crippen LogP contribution in [0, 0.1) is 5.92 Å². The summed E-state index contributed by atoms with van der Waals surface area (Å²) in [6, 6.07) is 8.02. The summed E-state index contributed by atoms with van der Waals surface area (Å²) < 4.78 is 5.09. The van der Waals surface area contributed by atoms with Gasteiger partial charge in [-0.25, -0.2) is 0 Å². The van der Waals surface area contributed by atoms with Crippen molar-refractivity contribution >= 4 is 17.6 Å². The standard InChI is InChI=1S/C15H20ClNO2/c1-2-19-15(18)13-7-9-17(10-8-13)11-12-3-5-14(16)6-4-12/h3-6,13H,2,7-11H2,1H3/p+1. The molecule has 0 unspecified atom stereocenters. The van der Waals surface area contributed by atoms with Crippen molar-refractivity contribution in [2.24, 2.45) is 5.92 Å². The summed E-state index contributed by atoms with van der Waals surface area (Å²) in [6.07, 6.45) is 1.86. The van der Waals surface area contributed by atoms with Crippen LogP contribution in [0.1, 0.15) is 25.3 Å². The topological polar surface area (TPSA) is 30.7 Å². The number of ether oxygens (including phenoxy) is 1. The fourth-order valence-corrected chi connectivity index (χ4v) is 2.72. The van der Waals surface area contributed by atoms with Crippen molar-refractivity contribution in [3.63, 3.8) is 0 Å². The predicted octanol–water partition coefficient (Wildman–Crippen LogP) is 1.70. The van der Waals surface area contributed by atoms with E-state index in [-0.39, 0.29) is 11.9 Å². The lowest BCUT2D eigenvalue weighted by molar-refractivity contribution is -0.919. The van der Waals surface area contributed by atoms with Crippen LogP contribution in [0.15, 0.2) is 24.3 Å². The number of hydrogen-bond acceptors (Lipinski definition) is 2. The van der Waals surface area contributed by atoms with Crippen LogP contribution in [0.25, 0.3) is 0 Å². The fraction of sp³-hybridized carbons (Fsp3) is 0.533. The fourth-order valence-electron chi connectivity index (χ4n) is 2.59. The number of quaternary nitrogens is 1. The third-order valence-electron chi connectivity index (χ3n) is 3.68. The van der Waals surface area contributed by atoms with E-state index in [0.717, 1.165) is 37.5 Å². The molecule has 1 N–H and O–H groups in total. The Labute approximate surface area is 119 Å². The smallest absolute Gasteiger partial charge is 0.309 e. The number of likely N-dealkylation sites (tertiary alicyclic amines) is 1. The lowest BCUT2D eigenvalue weighted by Gasteiger charge is -2.28. The number of benzene rings is 1. The normalized spacial score (nSPS) is 23.1. The van der Waals surface area contributed by atoms with Gasteiger partial charge in [-0.2, -0.15) is 0 Å². The molecular weight excluding hydrogens is 262 g/mol. The van der Waals surface area contributed by atoms with E-state index in [2.05, 4.69) is 12.1 Å². The highest BCUT2D eigenvalue weighted by Crippen LogP contribution is 2.13. The zero-order valence-corrected chi connectivity index (χ0v) is 12.1. The van der Waals surface area contributed by atoms with E-state index < -0.39 is 0 Å². The molecule has 1 saturated heterocycles. The first-order chi connectivity index (χ1) is 9.19. The summed E-state index contributed by atoms with van der Waals surface area (Å²) in [4.78, 5) is 13.2. The maximum atomic E-state index is 11.7. The van der Waals surface area contributed by atoms with Crippen molar-refractivity contribution in [1.29, 1.82) is 0 Å². The van der Waals surface area contributed by atoms with Crippen LogP contribution >= 0.6 is 11.6 Å². The minimum Gasteiger partial charge on any atom is -0.466 e. The molecule has 19 heavy (non-hydrogen) atoms. The highest BCUT2D eigenvalue weighted by molar-refractivity contribution is 6.30. The maximum Gasteiger partial charge on any atom is 0.309 e. The second-order valence-electron chi connectivity index (χ2n) is 5.08. The van der Waals surface area contributed by atoms with Crippen LogP contribution in [-0.4, -0.2) is 25.7 Å². The first-order valence-electron chi connectivity index (χ1n) is 6.93. The quantitative estimate of drug-likeness (QED) is 0.852. The summed E-state index contributed by atoms with van der Waals surface area (Å²) in [6.45, 7) is 5.42. The molecule has 1 aromatic rings. The lowest BCUT2D eigenvalue weighted by Crippen LogP contribution is -3.11. The number of carbonyl (C=O) groups excluding carboxylic acids is 1. The molecular formula is C15H21ClNO2+. The van der Waals surface area contributed by atoms with Gasteiger partial charge < -0.3 is 9.64 Å². The number of carbonyl (C=O) groups is 1. The Morgan fingerprint density at radius 2 is 1.95 bits per heavy atom. The Kier molecular flexibility index (Phi) is 5.23. The maximum absolute atomic E-state index is 11.7. The zero-order valence-electron chi connectivity index (χ0n) is 11.3. The van der Waals surface area contributed by atoms with E-state index >= 15 is 0 Å². The molecule has 2 rings (SSSR count). The summed E-state index contributed by atoms with van der Waals surface area (Å²) in [5.41, 5.74) is 1.30. The van der Waals surface area contributed by atoms with Crippen LogP contribution in [0.2, 0.25) is 5.02 Å². The Bertz CT molecular complexity index is 411. The van der Waals surface area contributed by atoms with Gasteiger partial charge in [0, 0.05) is 23.4 Å². The monoisotopic (exact) mass is 282 g/mol. The summed E-state index contributed by atoms with van der Waals surface area (Å²) in [7, 11) is 0. The second kappa shape index (κ2) is 6.92. The molecule has 3 nitrogen and oxygen atoms in total. The van der Waals surface area contributed by atoms with Crippen molar-refractivity contribution in [1.82, 2.24) is 0 Å². The van der Waals surface area contributed by atoms with Crippen molar-refractivity contribution in [2.75, 3.05) is 19.7 Å². The molecule has 1 aromatic carbocycles. The van der Waals surface area contributed by atoms with E-state index in [0.29, 0.717) is 6.61 Å². The van der Waals surface area contributed by atoms with Gasteiger partial charge >= 0.3 is 5.97 Å². The molecule has 0 amide bonds. The van der Waals surface area contributed by atoms with Gasteiger partial charge in [0.25, 0.3) is 0 Å². The minimum atomic E-state index is -0.0203. The highest BCUT2D eigenvalue weighted by Gasteiger charge is 2.28. The highest BCUT2D eigenvalue weighted by atomic mass is 35.5. The van der Waals surface area contributed by atoms with E-state index in [1.807, 2.05) is 19.1 Å². The van der Waals surface area contributed by atoms with Crippen LogP contribution in [0.3, 0.4) is 0 Å². The summed E-state index contributed by atoms with van der Waals surface area (Å²) >= 11 is 5.88. The third kappa shape index (κ3) is 4.22. The van der Waals surface area contributed by atoms with Gasteiger partial charge in [0.05, 0.1) is 25.6 Å². The Morgan fingerprint density at radius 1 is 1.32 bits per heavy atom. The number of piperidine rings is 1. The Balaban J connectivity index is 1.80. The molecule has 0 radical (unpaired) electrons. The first kappa shape index (κ1) is 14.4. The van der Waals surface area contributed by atoms with Gasteiger partial charge in [0.15, 0.2) is 0 Å². The Morgan fingerprint density at radius 3 is 2.53 bits per heavy atom. The first-order valence-corrected chi connectivity index (χ1v) is 7.31. The minimum absolute atomic E-state index is 0.0203. The zero-order chi connectivity index (χ0) is 13.7. The molecule has 1 fully saturated rings. The predicted molar refractivity (Wildman–Crippen MR) is 75.2 cm³/mol. The Hall–Kier alpha value is -1.06. The molecule has 1 aliphatic rings. The van der Waals surface area contributed by atoms with Gasteiger partial charge in [0.2, 0.25) is 0 Å². The van der Waals surface area contributed by atoms with E-state index in [1.165, 1.54) is 10.5 Å². The number of esters is 1. The average Bonchev–Trinajstić information content (AvgIpc) is 2.42. The largest absolute Gasteiger partial charge is 0.466 e. The van der Waals surface area contributed by atoms with Gasteiger partial charge in [0.1, 0.15) is 6.54 Å². The van der Waals surface area contributed by atoms with Crippen molar-refractivity contribution in [2.45, 2.75) is 26.3 Å². The lowest BCUT2D eigenvalue weighted by atomic mass is 9.96. The van der Waals surface area contributed by atoms with Crippen LogP contribution in [0.5, 0.6) is 0 Å². The van der Waals surface area contributed by atoms with Crippen LogP contribution < -0.4 is 4.90 Å². The van der Waals surface area contributed by atoms with Crippen molar-refractivity contribution in [3.05, 3.63) is 34.9 Å². The number of hydrogen-bond donors (Lipinski definition) is 1. The number of halogens is 1. The summed E-state index contributed by atoms with van der Waals surface area (Å²) in [5.74, 6) is 0.0851. The van der Waals surface area contributed by atoms with Crippen molar-refractivity contribution < 1.29 is 14.4 Å². The van der Waals surface area contributed by atoms with Crippen molar-refractivity contribution in [3.8, 4) is 0 Å². The second-order valence-corrected chi connectivity index (χ2v) is 5.52. The molecule has 4 heteroatoms. The van der Waals surface area contributed by atoms with Crippen LogP contribution in [-0.2, 0) is 16.1 Å². The van der Waals surface area contributed by atoms with Gasteiger partial charge in [-0.05, 0) is 19.1 Å². The molecule has 0 spiro atoms. The van der Waals surface area contributed by atoms with E-state index in [4.69, 9.17) is 16.3 Å². The van der Waals surface area contributed by atoms with E-state index in [1.54, 1.807) is 0 Å². The molecule has 1 aliphatic heterocycles. The molecule has 0 aliphatic carbocycles. The molecule has 1 heterocycles.